The smallest absolute Gasteiger partial charge is 0.344 e. The van der Waals surface area contributed by atoms with Gasteiger partial charge in [-0.2, -0.15) is 0 Å². The highest BCUT2D eigenvalue weighted by atomic mass is 16.6. The van der Waals surface area contributed by atoms with E-state index in [-0.39, 0.29) is 25.2 Å². The van der Waals surface area contributed by atoms with Crippen LogP contribution in [0.3, 0.4) is 0 Å². The Kier molecular flexibility index (Phi) is 7.65. The Labute approximate surface area is 172 Å². The van der Waals surface area contributed by atoms with Gasteiger partial charge in [-0.05, 0) is 50.8 Å². The number of carbonyl (C=O) groups excluding carboxylic acids is 3. The summed E-state index contributed by atoms with van der Waals surface area (Å²) in [5.41, 5.74) is 0.00144. The van der Waals surface area contributed by atoms with Crippen LogP contribution >= 0.6 is 0 Å². The summed E-state index contributed by atoms with van der Waals surface area (Å²) in [6.07, 6.45) is 4.54. The molecule has 1 fully saturated rings. The van der Waals surface area contributed by atoms with Crippen molar-refractivity contribution in [1.29, 1.82) is 0 Å². The summed E-state index contributed by atoms with van der Waals surface area (Å²) in [6, 6.07) is 7.55. The molecule has 29 heavy (non-hydrogen) atoms. The third kappa shape index (κ3) is 5.71. The Morgan fingerprint density at radius 3 is 1.97 bits per heavy atom. The second-order valence-electron chi connectivity index (χ2n) is 7.56. The number of amides is 1. The Morgan fingerprint density at radius 2 is 1.55 bits per heavy atom. The van der Waals surface area contributed by atoms with Crippen LogP contribution in [0, 0.1) is 0 Å². The predicted molar refractivity (Wildman–Crippen MR) is 110 cm³/mol. The van der Waals surface area contributed by atoms with E-state index in [2.05, 4.69) is 17.6 Å². The maximum absolute atomic E-state index is 12.7. The maximum atomic E-state index is 12.7. The number of hydrogen-bond acceptors (Lipinski definition) is 6. The van der Waals surface area contributed by atoms with Gasteiger partial charge in [0.15, 0.2) is 0 Å². The molecule has 0 spiro atoms. The minimum Gasteiger partial charge on any atom is -0.464 e. The highest BCUT2D eigenvalue weighted by molar-refractivity contribution is 6.08. The zero-order chi connectivity index (χ0) is 21.5. The van der Waals surface area contributed by atoms with Crippen molar-refractivity contribution in [2.24, 2.45) is 0 Å². The molecule has 0 aliphatic heterocycles. The van der Waals surface area contributed by atoms with E-state index in [0.29, 0.717) is 5.56 Å². The van der Waals surface area contributed by atoms with Gasteiger partial charge in [-0.25, -0.2) is 9.59 Å². The van der Waals surface area contributed by atoms with Gasteiger partial charge in [0.25, 0.3) is 0 Å². The minimum absolute atomic E-state index is 0.0510. The van der Waals surface area contributed by atoms with Crippen LogP contribution < -0.4 is 10.6 Å². The fourth-order valence-corrected chi connectivity index (χ4v) is 3.57. The highest BCUT2D eigenvalue weighted by Crippen LogP contribution is 2.42. The van der Waals surface area contributed by atoms with Crippen LogP contribution in [0.2, 0.25) is 0 Å². The average molecular weight is 405 g/mol. The molecule has 1 amide bonds. The summed E-state index contributed by atoms with van der Waals surface area (Å²) >= 11 is 0. The summed E-state index contributed by atoms with van der Waals surface area (Å²) < 4.78 is 10.2. The molecule has 7 heteroatoms. The van der Waals surface area contributed by atoms with Crippen molar-refractivity contribution >= 4 is 23.5 Å². The van der Waals surface area contributed by atoms with Gasteiger partial charge >= 0.3 is 11.9 Å². The van der Waals surface area contributed by atoms with E-state index in [1.165, 1.54) is 19.8 Å². The molecule has 1 aliphatic rings. The van der Waals surface area contributed by atoms with E-state index in [0.717, 1.165) is 18.5 Å². The molecule has 0 unspecified atom stereocenters. The molecule has 0 heterocycles. The molecule has 0 aromatic heterocycles. The molecule has 1 aromatic carbocycles. The SMILES string of the molecule is CCCC1(Nc2ccc(CC(NC(C)=O)(C(=O)OCC)C(=O)OCC)cc2)CC1. The van der Waals surface area contributed by atoms with Gasteiger partial charge in [0.1, 0.15) is 0 Å². The number of anilines is 1. The number of carbonyl (C=O) groups is 3. The molecular formula is C22H32N2O5. The predicted octanol–water partition coefficient (Wildman–Crippen LogP) is 2.97. The van der Waals surface area contributed by atoms with E-state index in [1.807, 2.05) is 24.3 Å². The van der Waals surface area contributed by atoms with Crippen LogP contribution in [0.4, 0.5) is 5.69 Å². The Balaban J connectivity index is 2.25. The molecule has 2 N–H and O–H groups in total. The monoisotopic (exact) mass is 404 g/mol. The lowest BCUT2D eigenvalue weighted by Gasteiger charge is -2.30. The highest BCUT2D eigenvalue weighted by Gasteiger charge is 2.50. The Bertz CT molecular complexity index is 707. The molecule has 2 rings (SSSR count). The van der Waals surface area contributed by atoms with Crippen LogP contribution in [0.25, 0.3) is 0 Å². The molecule has 0 bridgehead atoms. The van der Waals surface area contributed by atoms with Gasteiger partial charge in [-0.15, -0.1) is 0 Å². The van der Waals surface area contributed by atoms with Crippen LogP contribution in [0.1, 0.15) is 58.9 Å². The van der Waals surface area contributed by atoms with E-state index < -0.39 is 23.4 Å². The summed E-state index contributed by atoms with van der Waals surface area (Å²) in [5, 5.41) is 6.07. The quantitative estimate of drug-likeness (QED) is 0.435. The average Bonchev–Trinajstić information content (AvgIpc) is 3.42. The molecular weight excluding hydrogens is 372 g/mol. The van der Waals surface area contributed by atoms with Crippen molar-refractivity contribution in [3.8, 4) is 0 Å². The van der Waals surface area contributed by atoms with Gasteiger partial charge < -0.3 is 20.1 Å². The van der Waals surface area contributed by atoms with E-state index in [9.17, 15) is 14.4 Å². The summed E-state index contributed by atoms with van der Waals surface area (Å²) in [4.78, 5) is 37.2. The fraction of sp³-hybridized carbons (Fsp3) is 0.591. The first-order valence-electron chi connectivity index (χ1n) is 10.3. The van der Waals surface area contributed by atoms with Crippen LogP contribution in [-0.2, 0) is 30.3 Å². The number of rotatable bonds is 11. The molecule has 1 aromatic rings. The number of hydrogen-bond donors (Lipinski definition) is 2. The molecule has 1 saturated carbocycles. The number of benzene rings is 1. The van der Waals surface area contributed by atoms with Gasteiger partial charge in [0.05, 0.1) is 13.2 Å². The first kappa shape index (κ1) is 22.7. The third-order valence-corrected chi connectivity index (χ3v) is 5.05. The first-order valence-corrected chi connectivity index (χ1v) is 10.3. The molecule has 160 valence electrons. The van der Waals surface area contributed by atoms with Crippen molar-refractivity contribution in [1.82, 2.24) is 5.32 Å². The van der Waals surface area contributed by atoms with Crippen molar-refractivity contribution in [2.75, 3.05) is 18.5 Å². The minimum atomic E-state index is -1.91. The molecule has 1 aliphatic carbocycles. The van der Waals surface area contributed by atoms with E-state index in [1.54, 1.807) is 13.8 Å². The summed E-state index contributed by atoms with van der Waals surface area (Å²) in [6.45, 7) is 6.89. The van der Waals surface area contributed by atoms with Crippen LogP contribution in [0.5, 0.6) is 0 Å². The zero-order valence-electron chi connectivity index (χ0n) is 17.8. The summed E-state index contributed by atoms with van der Waals surface area (Å²) in [5.74, 6) is -2.16. The first-order chi connectivity index (χ1) is 13.8. The Hall–Kier alpha value is -2.57. The van der Waals surface area contributed by atoms with Gasteiger partial charge in [-0.1, -0.05) is 25.5 Å². The Morgan fingerprint density at radius 1 is 1.00 bits per heavy atom. The molecule has 0 radical (unpaired) electrons. The lowest BCUT2D eigenvalue weighted by molar-refractivity contribution is -0.168. The normalized spacial score (nSPS) is 14.6. The molecule has 7 nitrogen and oxygen atoms in total. The van der Waals surface area contributed by atoms with Crippen molar-refractivity contribution in [3.05, 3.63) is 29.8 Å². The number of esters is 2. The lowest BCUT2D eigenvalue weighted by Crippen LogP contribution is -2.62. The number of ether oxygens (including phenoxy) is 2. The van der Waals surface area contributed by atoms with Crippen LogP contribution in [0.15, 0.2) is 24.3 Å². The summed E-state index contributed by atoms with van der Waals surface area (Å²) in [7, 11) is 0. The fourth-order valence-electron chi connectivity index (χ4n) is 3.57. The van der Waals surface area contributed by atoms with Gasteiger partial charge in [-0.3, -0.25) is 4.79 Å². The lowest BCUT2D eigenvalue weighted by atomic mass is 9.90. The van der Waals surface area contributed by atoms with Crippen molar-refractivity contribution in [2.45, 2.75) is 70.9 Å². The molecule has 0 saturated heterocycles. The van der Waals surface area contributed by atoms with Gasteiger partial charge in [0, 0.05) is 24.6 Å². The van der Waals surface area contributed by atoms with Crippen molar-refractivity contribution in [3.63, 3.8) is 0 Å². The molecule has 0 atom stereocenters. The maximum Gasteiger partial charge on any atom is 0.344 e. The largest absolute Gasteiger partial charge is 0.464 e. The van der Waals surface area contributed by atoms with Crippen LogP contribution in [-0.4, -0.2) is 42.1 Å². The van der Waals surface area contributed by atoms with Gasteiger partial charge in [0.2, 0.25) is 11.4 Å². The van der Waals surface area contributed by atoms with E-state index in [4.69, 9.17) is 9.47 Å². The third-order valence-electron chi connectivity index (χ3n) is 5.05. The zero-order valence-corrected chi connectivity index (χ0v) is 17.8. The second-order valence-corrected chi connectivity index (χ2v) is 7.56. The second kappa shape index (κ2) is 9.76. The standard InChI is InChI=1S/C22H32N2O5/c1-5-12-21(13-14-21)24-18-10-8-17(9-11-18)15-22(23-16(4)25,19(26)28-6-2)20(27)29-7-3/h8-11,24H,5-7,12-15H2,1-4H3,(H,23,25). The van der Waals surface area contributed by atoms with E-state index >= 15 is 0 Å². The number of nitrogens with one attached hydrogen (secondary N) is 2. The van der Waals surface area contributed by atoms with Crippen molar-refractivity contribution < 1.29 is 23.9 Å². The topological polar surface area (TPSA) is 93.7 Å².